The van der Waals surface area contributed by atoms with Crippen molar-refractivity contribution in [3.05, 3.63) is 27.6 Å². The molecule has 0 aliphatic heterocycles. The first-order valence-corrected chi connectivity index (χ1v) is 12.8. The van der Waals surface area contributed by atoms with Crippen LogP contribution in [0.3, 0.4) is 0 Å². The van der Waals surface area contributed by atoms with E-state index in [2.05, 4.69) is 15.5 Å². The van der Waals surface area contributed by atoms with E-state index in [-0.39, 0.29) is 17.7 Å². The standard InChI is InChI=1S/C24H27N3O5S/c28-21(17-12-6-8-13(9-7-12)19(17)31-24(29)30)26-23-18(15-4-2-1-3-5-16(15)33-23)22-25-20(27-32-22)14-10-11-14/h12-14H,1-11H2,(H,26,28)(H,29,30). The van der Waals surface area contributed by atoms with E-state index >= 15 is 0 Å². The van der Waals surface area contributed by atoms with Crippen molar-refractivity contribution in [2.45, 2.75) is 76.5 Å². The highest BCUT2D eigenvalue weighted by Crippen LogP contribution is 2.48. The number of rotatable bonds is 5. The van der Waals surface area contributed by atoms with Crippen LogP contribution in [0.1, 0.15) is 80.0 Å². The van der Waals surface area contributed by atoms with Crippen molar-refractivity contribution in [1.29, 1.82) is 0 Å². The van der Waals surface area contributed by atoms with Crippen LogP contribution in [0.4, 0.5) is 9.80 Å². The third kappa shape index (κ3) is 3.86. The zero-order valence-electron chi connectivity index (χ0n) is 18.4. The summed E-state index contributed by atoms with van der Waals surface area (Å²) in [7, 11) is 0. The highest BCUT2D eigenvalue weighted by atomic mass is 32.1. The van der Waals surface area contributed by atoms with Gasteiger partial charge in [-0.2, -0.15) is 4.98 Å². The molecule has 8 nitrogen and oxygen atoms in total. The van der Waals surface area contributed by atoms with Crippen LogP contribution < -0.4 is 5.32 Å². The Hall–Kier alpha value is -2.68. The fourth-order valence-corrected chi connectivity index (χ4v) is 6.94. The number of hydrogen-bond donors (Lipinski definition) is 2. The molecule has 7 rings (SSSR count). The second-order valence-electron chi connectivity index (χ2n) is 9.65. The SMILES string of the molecule is O=C(O)OC1=C(C(=O)Nc2sc3c(c2-c2nc(C4CC4)no2)CCCCC3)C2CCC1CC2. The number of hydrogen-bond acceptors (Lipinski definition) is 7. The Morgan fingerprint density at radius 3 is 2.48 bits per heavy atom. The van der Waals surface area contributed by atoms with Gasteiger partial charge in [0, 0.05) is 16.7 Å². The molecule has 5 aliphatic carbocycles. The van der Waals surface area contributed by atoms with Crippen molar-refractivity contribution >= 4 is 28.4 Å². The Labute approximate surface area is 195 Å². The van der Waals surface area contributed by atoms with Gasteiger partial charge in [-0.1, -0.05) is 11.6 Å². The van der Waals surface area contributed by atoms with Crippen LogP contribution in [0, 0.1) is 11.8 Å². The summed E-state index contributed by atoms with van der Waals surface area (Å²) < 4.78 is 10.8. The predicted molar refractivity (Wildman–Crippen MR) is 121 cm³/mol. The average molecular weight is 470 g/mol. The predicted octanol–water partition coefficient (Wildman–Crippen LogP) is 5.65. The Balaban J connectivity index is 1.38. The number of fused-ring (bicyclic) bond motifs is 3. The summed E-state index contributed by atoms with van der Waals surface area (Å²) in [6, 6.07) is 0. The number of anilines is 1. The van der Waals surface area contributed by atoms with Gasteiger partial charge in [0.1, 0.15) is 10.8 Å². The first kappa shape index (κ1) is 20.9. The van der Waals surface area contributed by atoms with Crippen molar-refractivity contribution in [2.24, 2.45) is 11.8 Å². The minimum Gasteiger partial charge on any atom is -0.449 e. The lowest BCUT2D eigenvalue weighted by molar-refractivity contribution is -0.114. The molecule has 2 N–H and O–H groups in total. The topological polar surface area (TPSA) is 115 Å². The quantitative estimate of drug-likeness (QED) is 0.429. The third-order valence-electron chi connectivity index (χ3n) is 7.46. The maximum Gasteiger partial charge on any atom is 0.511 e. The lowest BCUT2D eigenvalue weighted by Crippen LogP contribution is -2.34. The summed E-state index contributed by atoms with van der Waals surface area (Å²) in [5.41, 5.74) is 2.56. The Morgan fingerprint density at radius 2 is 1.73 bits per heavy atom. The highest BCUT2D eigenvalue weighted by molar-refractivity contribution is 7.17. The molecule has 2 aromatic rings. The summed E-state index contributed by atoms with van der Waals surface area (Å²) in [5, 5.41) is 17.3. The van der Waals surface area contributed by atoms with Crippen molar-refractivity contribution in [2.75, 3.05) is 5.32 Å². The van der Waals surface area contributed by atoms with Gasteiger partial charge in [-0.15, -0.1) is 11.3 Å². The first-order valence-electron chi connectivity index (χ1n) is 12.0. The van der Waals surface area contributed by atoms with E-state index in [1.54, 1.807) is 11.3 Å². The minimum atomic E-state index is -1.36. The number of nitrogens with zero attached hydrogens (tertiary/aromatic N) is 2. The molecule has 0 radical (unpaired) electrons. The van der Waals surface area contributed by atoms with Crippen LogP contribution >= 0.6 is 11.3 Å². The Morgan fingerprint density at radius 1 is 1.00 bits per heavy atom. The fourth-order valence-electron chi connectivity index (χ4n) is 5.67. The smallest absolute Gasteiger partial charge is 0.449 e. The van der Waals surface area contributed by atoms with Gasteiger partial charge in [-0.05, 0) is 75.7 Å². The van der Waals surface area contributed by atoms with Gasteiger partial charge in [0.05, 0.1) is 11.1 Å². The summed E-state index contributed by atoms with van der Waals surface area (Å²) in [4.78, 5) is 30.8. The number of aromatic nitrogens is 2. The number of nitrogens with one attached hydrogen (secondary N) is 1. The number of amides is 1. The number of thiophene rings is 1. The molecule has 0 saturated heterocycles. The second-order valence-corrected chi connectivity index (χ2v) is 10.8. The molecule has 2 saturated carbocycles. The summed E-state index contributed by atoms with van der Waals surface area (Å²) in [5.74, 6) is 1.74. The molecule has 2 fully saturated rings. The summed E-state index contributed by atoms with van der Waals surface area (Å²) >= 11 is 1.59. The molecule has 0 spiro atoms. The summed E-state index contributed by atoms with van der Waals surface area (Å²) in [6.07, 6.45) is 9.67. The maximum atomic E-state index is 13.5. The van der Waals surface area contributed by atoms with E-state index in [4.69, 9.17) is 9.26 Å². The molecule has 1 amide bonds. The van der Waals surface area contributed by atoms with Crippen molar-refractivity contribution in [3.8, 4) is 11.5 Å². The van der Waals surface area contributed by atoms with E-state index in [1.807, 2.05) is 0 Å². The maximum absolute atomic E-state index is 13.5. The van der Waals surface area contributed by atoms with Crippen LogP contribution in [-0.4, -0.2) is 27.3 Å². The monoisotopic (exact) mass is 469 g/mol. The number of allylic oxidation sites excluding steroid dienone is 1. The van der Waals surface area contributed by atoms with Gasteiger partial charge in [0.15, 0.2) is 5.82 Å². The Kier molecular flexibility index (Phi) is 5.24. The van der Waals surface area contributed by atoms with Crippen molar-refractivity contribution < 1.29 is 24.0 Å². The van der Waals surface area contributed by atoms with E-state index < -0.39 is 6.16 Å². The molecule has 2 aromatic heterocycles. The van der Waals surface area contributed by atoms with Crippen molar-refractivity contribution in [3.63, 3.8) is 0 Å². The molecule has 0 aromatic carbocycles. The summed E-state index contributed by atoms with van der Waals surface area (Å²) in [6.45, 7) is 0. The van der Waals surface area contributed by atoms with E-state index in [1.165, 1.54) is 16.9 Å². The van der Waals surface area contributed by atoms with Crippen LogP contribution in [0.5, 0.6) is 0 Å². The van der Waals surface area contributed by atoms with Gasteiger partial charge in [-0.25, -0.2) is 4.79 Å². The average Bonchev–Trinajstić information content (AvgIpc) is 3.51. The molecular weight excluding hydrogens is 442 g/mol. The zero-order valence-corrected chi connectivity index (χ0v) is 19.2. The van der Waals surface area contributed by atoms with E-state index in [9.17, 15) is 14.7 Å². The lowest BCUT2D eigenvalue weighted by atomic mass is 9.70. The number of ether oxygens (including phenoxy) is 1. The molecule has 174 valence electrons. The highest BCUT2D eigenvalue weighted by Gasteiger charge is 2.41. The fraction of sp³-hybridized carbons (Fsp3) is 0.583. The number of carbonyl (C=O) groups is 2. The third-order valence-corrected chi connectivity index (χ3v) is 8.67. The van der Waals surface area contributed by atoms with Crippen LogP contribution in [-0.2, 0) is 22.4 Å². The molecule has 0 atom stereocenters. The van der Waals surface area contributed by atoms with Crippen LogP contribution in [0.15, 0.2) is 15.9 Å². The molecule has 33 heavy (non-hydrogen) atoms. The van der Waals surface area contributed by atoms with E-state index in [0.29, 0.717) is 23.1 Å². The number of carbonyl (C=O) groups excluding carboxylic acids is 1. The second kappa shape index (κ2) is 8.27. The molecule has 2 bridgehead atoms. The van der Waals surface area contributed by atoms with Gasteiger partial charge < -0.3 is 19.7 Å². The molecular formula is C24H27N3O5S. The molecule has 9 heteroatoms. The van der Waals surface area contributed by atoms with Gasteiger partial charge in [-0.3, -0.25) is 4.79 Å². The number of aryl methyl sites for hydroxylation is 1. The molecule has 2 heterocycles. The number of carboxylic acid groups (broad SMARTS) is 1. The zero-order chi connectivity index (χ0) is 22.5. The lowest BCUT2D eigenvalue weighted by Gasteiger charge is -2.37. The molecule has 0 unspecified atom stereocenters. The van der Waals surface area contributed by atoms with Crippen molar-refractivity contribution in [1.82, 2.24) is 10.1 Å². The van der Waals surface area contributed by atoms with Gasteiger partial charge in [0.25, 0.3) is 11.8 Å². The van der Waals surface area contributed by atoms with Gasteiger partial charge >= 0.3 is 6.16 Å². The van der Waals surface area contributed by atoms with E-state index in [0.717, 1.165) is 80.6 Å². The normalized spacial score (nSPS) is 24.4. The van der Waals surface area contributed by atoms with Crippen LogP contribution in [0.25, 0.3) is 11.5 Å². The first-order chi connectivity index (χ1) is 16.1. The Bertz CT molecular complexity index is 1140. The van der Waals surface area contributed by atoms with Gasteiger partial charge in [0.2, 0.25) is 0 Å². The largest absolute Gasteiger partial charge is 0.511 e. The van der Waals surface area contributed by atoms with Crippen LogP contribution in [0.2, 0.25) is 0 Å². The molecule has 5 aliphatic rings. The minimum absolute atomic E-state index is 0.00316.